The van der Waals surface area contributed by atoms with Gasteiger partial charge in [-0.2, -0.15) is 0 Å². The third kappa shape index (κ3) is 3.87. The number of rotatable bonds is 7. The van der Waals surface area contributed by atoms with E-state index in [1.807, 2.05) is 72.8 Å². The average Bonchev–Trinajstić information content (AvgIpc) is 3.37. The van der Waals surface area contributed by atoms with Gasteiger partial charge in [0.15, 0.2) is 6.10 Å². The molecule has 3 atom stereocenters. The second kappa shape index (κ2) is 9.08. The molecule has 0 N–H and O–H groups in total. The van der Waals surface area contributed by atoms with Crippen molar-refractivity contribution in [3.8, 4) is 5.75 Å². The van der Waals surface area contributed by atoms with Crippen LogP contribution in [-0.2, 0) is 14.4 Å². The highest BCUT2D eigenvalue weighted by molar-refractivity contribution is 6.23. The first-order chi connectivity index (χ1) is 16.2. The number of hydrogen-bond donors (Lipinski definition) is 0. The first kappa shape index (κ1) is 21.2. The fourth-order valence-electron chi connectivity index (χ4n) is 4.48. The van der Waals surface area contributed by atoms with Gasteiger partial charge in [0.2, 0.25) is 5.91 Å². The number of nitrogens with zero attached hydrogens (tertiary/aromatic N) is 2. The molecule has 3 aromatic carbocycles. The lowest BCUT2D eigenvalue weighted by Gasteiger charge is -2.28. The Hall–Kier alpha value is -3.64. The topological polar surface area (TPSA) is 59.1 Å². The SMILES string of the molecule is CCCCOc1ccc([C@@H]2[C@H]3C(=O)N(c4ccccc4)C(=O)[C@@H]3ON2c2ccccc2)cc1. The fraction of sp³-hybridized carbons (Fsp3) is 0.259. The van der Waals surface area contributed by atoms with Gasteiger partial charge in [0, 0.05) is 0 Å². The highest BCUT2D eigenvalue weighted by Gasteiger charge is 2.60. The van der Waals surface area contributed by atoms with Gasteiger partial charge in [-0.1, -0.05) is 61.9 Å². The van der Waals surface area contributed by atoms with Crippen molar-refractivity contribution in [1.82, 2.24) is 0 Å². The zero-order valence-corrected chi connectivity index (χ0v) is 18.5. The van der Waals surface area contributed by atoms with Crippen LogP contribution in [0.3, 0.4) is 0 Å². The summed E-state index contributed by atoms with van der Waals surface area (Å²) >= 11 is 0. The van der Waals surface area contributed by atoms with Crippen LogP contribution in [0.1, 0.15) is 31.4 Å². The first-order valence-corrected chi connectivity index (χ1v) is 11.4. The maximum atomic E-state index is 13.6. The highest BCUT2D eigenvalue weighted by atomic mass is 16.7. The molecule has 0 unspecified atom stereocenters. The maximum Gasteiger partial charge on any atom is 0.266 e. The number of carbonyl (C=O) groups excluding carboxylic acids is 2. The standard InChI is InChI=1S/C27H26N2O4/c1-2-3-18-32-22-16-14-19(15-17-22)24-23-25(33-29(24)21-12-8-5-9-13-21)27(31)28(26(23)30)20-10-6-4-7-11-20/h4-17,23-25H,2-3,18H2,1H3/t23-,24-,25-/m1/s1. The van der Waals surface area contributed by atoms with Crippen LogP contribution >= 0.6 is 0 Å². The Morgan fingerprint density at radius 3 is 2.09 bits per heavy atom. The zero-order chi connectivity index (χ0) is 22.8. The second-order valence-electron chi connectivity index (χ2n) is 8.28. The maximum absolute atomic E-state index is 13.6. The summed E-state index contributed by atoms with van der Waals surface area (Å²) in [6, 6.07) is 25.9. The highest BCUT2D eigenvalue weighted by Crippen LogP contribution is 2.47. The summed E-state index contributed by atoms with van der Waals surface area (Å²) in [6.07, 6.45) is 1.19. The molecule has 2 heterocycles. The number of hydrogen-bond acceptors (Lipinski definition) is 5. The molecule has 2 aliphatic rings. The molecule has 0 aliphatic carbocycles. The van der Waals surface area contributed by atoms with Crippen LogP contribution in [0.15, 0.2) is 84.9 Å². The van der Waals surface area contributed by atoms with Crippen LogP contribution in [0.2, 0.25) is 0 Å². The van der Waals surface area contributed by atoms with E-state index in [2.05, 4.69) is 6.92 Å². The van der Waals surface area contributed by atoms with E-state index in [0.29, 0.717) is 12.3 Å². The molecule has 0 radical (unpaired) electrons. The molecule has 2 fully saturated rings. The largest absolute Gasteiger partial charge is 0.494 e. The molecule has 6 nitrogen and oxygen atoms in total. The molecule has 2 amide bonds. The van der Waals surface area contributed by atoms with Crippen molar-refractivity contribution in [2.24, 2.45) is 5.92 Å². The third-order valence-corrected chi connectivity index (χ3v) is 6.13. The molecule has 0 bridgehead atoms. The van der Waals surface area contributed by atoms with Crippen LogP contribution in [0.4, 0.5) is 11.4 Å². The minimum absolute atomic E-state index is 0.247. The Kier molecular flexibility index (Phi) is 5.84. The molecular formula is C27H26N2O4. The summed E-state index contributed by atoms with van der Waals surface area (Å²) in [7, 11) is 0. The number of fused-ring (bicyclic) bond motifs is 1. The summed E-state index contributed by atoms with van der Waals surface area (Å²) in [5.74, 6) is -0.444. The summed E-state index contributed by atoms with van der Waals surface area (Å²) in [5, 5.41) is 1.71. The van der Waals surface area contributed by atoms with Crippen molar-refractivity contribution in [2.75, 3.05) is 16.6 Å². The van der Waals surface area contributed by atoms with E-state index in [-0.39, 0.29) is 11.8 Å². The van der Waals surface area contributed by atoms with Crippen molar-refractivity contribution in [2.45, 2.75) is 31.9 Å². The Morgan fingerprint density at radius 2 is 1.45 bits per heavy atom. The van der Waals surface area contributed by atoms with Crippen LogP contribution < -0.4 is 14.7 Å². The molecule has 2 saturated heterocycles. The van der Waals surface area contributed by atoms with Crippen LogP contribution in [0.25, 0.3) is 0 Å². The summed E-state index contributed by atoms with van der Waals surface area (Å²) in [4.78, 5) is 34.3. The quantitative estimate of drug-likeness (QED) is 0.384. The van der Waals surface area contributed by atoms with Crippen LogP contribution in [0, 0.1) is 5.92 Å². The molecule has 6 heteroatoms. The van der Waals surface area contributed by atoms with Gasteiger partial charge in [-0.15, -0.1) is 0 Å². The lowest BCUT2D eigenvalue weighted by atomic mass is 9.90. The van der Waals surface area contributed by atoms with Gasteiger partial charge in [0.1, 0.15) is 11.7 Å². The van der Waals surface area contributed by atoms with E-state index in [0.717, 1.165) is 29.8 Å². The molecule has 2 aliphatic heterocycles. The van der Waals surface area contributed by atoms with Gasteiger partial charge in [0.25, 0.3) is 5.91 Å². The van der Waals surface area contributed by atoms with E-state index in [9.17, 15) is 9.59 Å². The smallest absolute Gasteiger partial charge is 0.266 e. The first-order valence-electron chi connectivity index (χ1n) is 11.4. The second-order valence-corrected chi connectivity index (χ2v) is 8.28. The van der Waals surface area contributed by atoms with Gasteiger partial charge in [-0.05, 0) is 48.4 Å². The number of para-hydroxylation sites is 2. The number of amides is 2. The van der Waals surface area contributed by atoms with Crippen molar-refractivity contribution in [3.63, 3.8) is 0 Å². The molecule has 0 aromatic heterocycles. The number of anilines is 2. The summed E-state index contributed by atoms with van der Waals surface area (Å²) in [6.45, 7) is 2.79. The predicted molar refractivity (Wildman–Crippen MR) is 126 cm³/mol. The molecule has 33 heavy (non-hydrogen) atoms. The van der Waals surface area contributed by atoms with E-state index in [1.54, 1.807) is 17.2 Å². The molecule has 5 rings (SSSR count). The monoisotopic (exact) mass is 442 g/mol. The van der Waals surface area contributed by atoms with Gasteiger partial charge in [-0.25, -0.2) is 9.96 Å². The minimum Gasteiger partial charge on any atom is -0.494 e. The average molecular weight is 443 g/mol. The molecule has 168 valence electrons. The predicted octanol–water partition coefficient (Wildman–Crippen LogP) is 4.92. The summed E-state index contributed by atoms with van der Waals surface area (Å²) in [5.41, 5.74) is 2.26. The Bertz CT molecular complexity index is 1120. The van der Waals surface area contributed by atoms with Crippen LogP contribution in [-0.4, -0.2) is 24.5 Å². The minimum atomic E-state index is -0.872. The molecule has 0 spiro atoms. The normalized spacial score (nSPS) is 22.0. The van der Waals surface area contributed by atoms with Crippen molar-refractivity contribution >= 4 is 23.2 Å². The van der Waals surface area contributed by atoms with E-state index in [4.69, 9.17) is 9.57 Å². The third-order valence-electron chi connectivity index (χ3n) is 6.13. The zero-order valence-electron chi connectivity index (χ0n) is 18.5. The van der Waals surface area contributed by atoms with Crippen molar-refractivity contribution in [3.05, 3.63) is 90.5 Å². The molecular weight excluding hydrogens is 416 g/mol. The van der Waals surface area contributed by atoms with Crippen molar-refractivity contribution in [1.29, 1.82) is 0 Å². The van der Waals surface area contributed by atoms with Gasteiger partial charge in [-0.3, -0.25) is 14.4 Å². The lowest BCUT2D eigenvalue weighted by molar-refractivity contribution is -0.126. The van der Waals surface area contributed by atoms with E-state index in [1.165, 1.54) is 4.90 Å². The van der Waals surface area contributed by atoms with Gasteiger partial charge in [0.05, 0.1) is 24.0 Å². The number of unbranched alkanes of at least 4 members (excludes halogenated alkanes) is 1. The van der Waals surface area contributed by atoms with Gasteiger partial charge < -0.3 is 4.74 Å². The number of imide groups is 1. The number of ether oxygens (including phenoxy) is 1. The number of benzene rings is 3. The lowest BCUT2D eigenvalue weighted by Crippen LogP contribution is -2.37. The van der Waals surface area contributed by atoms with Crippen molar-refractivity contribution < 1.29 is 19.2 Å². The molecule has 0 saturated carbocycles. The number of carbonyl (C=O) groups is 2. The van der Waals surface area contributed by atoms with Gasteiger partial charge >= 0.3 is 0 Å². The van der Waals surface area contributed by atoms with Crippen LogP contribution in [0.5, 0.6) is 5.75 Å². The Morgan fingerprint density at radius 1 is 0.818 bits per heavy atom. The number of hydroxylamine groups is 1. The molecule has 3 aromatic rings. The summed E-state index contributed by atoms with van der Waals surface area (Å²) < 4.78 is 5.80. The Labute approximate surface area is 193 Å². The fourth-order valence-corrected chi connectivity index (χ4v) is 4.48. The van der Waals surface area contributed by atoms with E-state index < -0.39 is 18.1 Å². The Balaban J connectivity index is 1.50. The van der Waals surface area contributed by atoms with E-state index >= 15 is 0 Å².